The SMILES string of the molecule is C[C@]1(C(=O)NCc2ccc(F)cc2)CCCN(C(=O)c2ccc(Br)cc2)C1. The first kappa shape index (κ1) is 19.5. The zero-order chi connectivity index (χ0) is 19.4. The van der Waals surface area contributed by atoms with Gasteiger partial charge < -0.3 is 10.2 Å². The highest BCUT2D eigenvalue weighted by atomic mass is 79.9. The molecule has 142 valence electrons. The topological polar surface area (TPSA) is 49.4 Å². The number of benzene rings is 2. The van der Waals surface area contributed by atoms with Crippen molar-refractivity contribution in [1.82, 2.24) is 10.2 Å². The minimum absolute atomic E-state index is 0.0558. The van der Waals surface area contributed by atoms with E-state index in [1.165, 1.54) is 12.1 Å². The summed E-state index contributed by atoms with van der Waals surface area (Å²) >= 11 is 3.37. The van der Waals surface area contributed by atoms with Gasteiger partial charge in [0.15, 0.2) is 0 Å². The van der Waals surface area contributed by atoms with Crippen LogP contribution in [0.5, 0.6) is 0 Å². The fourth-order valence-electron chi connectivity index (χ4n) is 3.37. The summed E-state index contributed by atoms with van der Waals surface area (Å²) in [5.41, 5.74) is 0.824. The van der Waals surface area contributed by atoms with Crippen molar-refractivity contribution in [1.29, 1.82) is 0 Å². The highest BCUT2D eigenvalue weighted by Crippen LogP contribution is 2.31. The summed E-state index contributed by atoms with van der Waals surface area (Å²) in [5.74, 6) is -0.439. The molecule has 1 heterocycles. The van der Waals surface area contributed by atoms with Crippen molar-refractivity contribution in [2.45, 2.75) is 26.3 Å². The number of likely N-dealkylation sites (tertiary alicyclic amines) is 1. The maximum atomic E-state index is 13.0. The largest absolute Gasteiger partial charge is 0.351 e. The number of hydrogen-bond acceptors (Lipinski definition) is 2. The molecule has 1 aliphatic rings. The Labute approximate surface area is 166 Å². The maximum absolute atomic E-state index is 13.0. The zero-order valence-corrected chi connectivity index (χ0v) is 16.8. The number of nitrogens with zero attached hydrogens (tertiary/aromatic N) is 1. The van der Waals surface area contributed by atoms with Gasteiger partial charge in [0.25, 0.3) is 5.91 Å². The van der Waals surface area contributed by atoms with Crippen molar-refractivity contribution in [2.75, 3.05) is 13.1 Å². The second-order valence-electron chi connectivity index (χ2n) is 7.21. The molecule has 27 heavy (non-hydrogen) atoms. The third kappa shape index (κ3) is 4.75. The first-order chi connectivity index (χ1) is 12.9. The van der Waals surface area contributed by atoms with E-state index in [0.29, 0.717) is 25.2 Å². The molecule has 0 unspecified atom stereocenters. The van der Waals surface area contributed by atoms with Crippen LogP contribution in [0.4, 0.5) is 4.39 Å². The van der Waals surface area contributed by atoms with Gasteiger partial charge in [-0.3, -0.25) is 9.59 Å². The molecule has 3 rings (SSSR count). The van der Waals surface area contributed by atoms with E-state index in [-0.39, 0.29) is 17.6 Å². The van der Waals surface area contributed by atoms with Crippen molar-refractivity contribution < 1.29 is 14.0 Å². The Bertz CT molecular complexity index is 823. The van der Waals surface area contributed by atoms with Crippen LogP contribution in [0.1, 0.15) is 35.7 Å². The smallest absolute Gasteiger partial charge is 0.253 e. The van der Waals surface area contributed by atoms with Gasteiger partial charge in [-0.05, 0) is 61.7 Å². The van der Waals surface area contributed by atoms with E-state index in [0.717, 1.165) is 22.9 Å². The first-order valence-electron chi connectivity index (χ1n) is 8.95. The van der Waals surface area contributed by atoms with Crippen LogP contribution in [0.15, 0.2) is 53.0 Å². The van der Waals surface area contributed by atoms with Crippen LogP contribution in [0.3, 0.4) is 0 Å². The number of carbonyl (C=O) groups excluding carboxylic acids is 2. The molecule has 1 atom stereocenters. The van der Waals surface area contributed by atoms with Crippen LogP contribution >= 0.6 is 15.9 Å². The quantitative estimate of drug-likeness (QED) is 0.788. The number of nitrogens with one attached hydrogen (secondary N) is 1. The minimum atomic E-state index is -0.636. The summed E-state index contributed by atoms with van der Waals surface area (Å²) in [6, 6.07) is 13.3. The Balaban J connectivity index is 1.64. The van der Waals surface area contributed by atoms with E-state index in [1.54, 1.807) is 29.2 Å². The lowest BCUT2D eigenvalue weighted by Crippen LogP contribution is -2.51. The Kier molecular flexibility index (Phi) is 5.95. The summed E-state index contributed by atoms with van der Waals surface area (Å²) in [6.45, 7) is 3.27. The predicted molar refractivity (Wildman–Crippen MR) is 106 cm³/mol. The molecule has 1 N–H and O–H groups in total. The fourth-order valence-corrected chi connectivity index (χ4v) is 3.64. The van der Waals surface area contributed by atoms with Crippen LogP contribution in [-0.2, 0) is 11.3 Å². The highest BCUT2D eigenvalue weighted by molar-refractivity contribution is 9.10. The van der Waals surface area contributed by atoms with Crippen LogP contribution in [0.25, 0.3) is 0 Å². The molecule has 0 aliphatic carbocycles. The molecule has 2 amide bonds. The molecular formula is C21H22BrFN2O2. The average Bonchev–Trinajstić information content (AvgIpc) is 2.67. The monoisotopic (exact) mass is 432 g/mol. The third-order valence-electron chi connectivity index (χ3n) is 4.99. The Morgan fingerprint density at radius 3 is 2.48 bits per heavy atom. The molecule has 4 nitrogen and oxygen atoms in total. The van der Waals surface area contributed by atoms with Gasteiger partial charge in [0.05, 0.1) is 5.41 Å². The molecule has 0 radical (unpaired) electrons. The molecular weight excluding hydrogens is 411 g/mol. The van der Waals surface area contributed by atoms with Gasteiger partial charge in [-0.25, -0.2) is 4.39 Å². The summed E-state index contributed by atoms with van der Waals surface area (Å²) < 4.78 is 13.9. The molecule has 2 aromatic carbocycles. The number of carbonyl (C=O) groups is 2. The van der Waals surface area contributed by atoms with E-state index in [2.05, 4.69) is 21.2 Å². The summed E-state index contributed by atoms with van der Waals surface area (Å²) in [7, 11) is 0. The van der Waals surface area contributed by atoms with Crippen molar-refractivity contribution >= 4 is 27.7 Å². The Morgan fingerprint density at radius 2 is 1.81 bits per heavy atom. The number of amides is 2. The molecule has 6 heteroatoms. The van der Waals surface area contributed by atoms with Crippen LogP contribution in [-0.4, -0.2) is 29.8 Å². The fraction of sp³-hybridized carbons (Fsp3) is 0.333. The Hall–Kier alpha value is -2.21. The van der Waals surface area contributed by atoms with Crippen LogP contribution in [0.2, 0.25) is 0 Å². The molecule has 1 aliphatic heterocycles. The summed E-state index contributed by atoms with van der Waals surface area (Å²) in [5, 5.41) is 2.93. The third-order valence-corrected chi connectivity index (χ3v) is 5.52. The van der Waals surface area contributed by atoms with Crippen LogP contribution < -0.4 is 5.32 Å². The van der Waals surface area contributed by atoms with Gasteiger partial charge in [0, 0.05) is 29.7 Å². The molecule has 2 aromatic rings. The minimum Gasteiger partial charge on any atom is -0.351 e. The lowest BCUT2D eigenvalue weighted by Gasteiger charge is -2.39. The van der Waals surface area contributed by atoms with Crippen molar-refractivity contribution in [3.8, 4) is 0 Å². The van der Waals surface area contributed by atoms with Gasteiger partial charge in [-0.2, -0.15) is 0 Å². The van der Waals surface area contributed by atoms with Gasteiger partial charge in [-0.1, -0.05) is 28.1 Å². The first-order valence-corrected chi connectivity index (χ1v) is 9.74. The molecule has 0 saturated carbocycles. The van der Waals surface area contributed by atoms with Gasteiger partial charge in [0.2, 0.25) is 5.91 Å². The maximum Gasteiger partial charge on any atom is 0.253 e. The van der Waals surface area contributed by atoms with E-state index in [9.17, 15) is 14.0 Å². The number of rotatable bonds is 4. The van der Waals surface area contributed by atoms with Gasteiger partial charge in [0.1, 0.15) is 5.82 Å². The Morgan fingerprint density at radius 1 is 1.15 bits per heavy atom. The van der Waals surface area contributed by atoms with Crippen molar-refractivity contribution in [3.63, 3.8) is 0 Å². The normalized spacial score (nSPS) is 19.6. The molecule has 0 spiro atoms. The number of halogens is 2. The van der Waals surface area contributed by atoms with E-state index < -0.39 is 5.41 Å². The van der Waals surface area contributed by atoms with E-state index >= 15 is 0 Å². The second kappa shape index (κ2) is 8.21. The second-order valence-corrected chi connectivity index (χ2v) is 8.12. The number of hydrogen-bond donors (Lipinski definition) is 1. The number of piperidine rings is 1. The van der Waals surface area contributed by atoms with Gasteiger partial charge >= 0.3 is 0 Å². The van der Waals surface area contributed by atoms with Gasteiger partial charge in [-0.15, -0.1) is 0 Å². The molecule has 1 fully saturated rings. The lowest BCUT2D eigenvalue weighted by molar-refractivity contribution is -0.132. The highest BCUT2D eigenvalue weighted by Gasteiger charge is 2.39. The van der Waals surface area contributed by atoms with Crippen molar-refractivity contribution in [2.24, 2.45) is 5.41 Å². The molecule has 1 saturated heterocycles. The van der Waals surface area contributed by atoms with Crippen molar-refractivity contribution in [3.05, 3.63) is 69.9 Å². The summed E-state index contributed by atoms with van der Waals surface area (Å²) in [6.07, 6.45) is 1.51. The predicted octanol–water partition coefficient (Wildman–Crippen LogP) is 4.15. The van der Waals surface area contributed by atoms with E-state index in [4.69, 9.17) is 0 Å². The van der Waals surface area contributed by atoms with E-state index in [1.807, 2.05) is 19.1 Å². The summed E-state index contributed by atoms with van der Waals surface area (Å²) in [4.78, 5) is 27.3. The standard InChI is InChI=1S/C21H22BrFN2O2/c1-21(20(27)24-13-15-3-9-18(23)10-4-15)11-2-12-25(14-21)19(26)16-5-7-17(22)8-6-16/h3-10H,2,11-14H2,1H3,(H,24,27)/t21-/m0/s1. The zero-order valence-electron chi connectivity index (χ0n) is 15.2. The average molecular weight is 433 g/mol. The molecule has 0 bridgehead atoms. The van der Waals surface area contributed by atoms with Crippen LogP contribution in [0, 0.1) is 11.2 Å². The molecule has 0 aromatic heterocycles. The lowest BCUT2D eigenvalue weighted by atomic mass is 9.80.